The van der Waals surface area contributed by atoms with Crippen molar-refractivity contribution >= 4 is 23.6 Å². The number of aromatic nitrogens is 2. The molecule has 5 rings (SSSR count). The summed E-state index contributed by atoms with van der Waals surface area (Å²) in [4.78, 5) is 39.7. The van der Waals surface area contributed by atoms with Gasteiger partial charge < -0.3 is 14.8 Å². The Hall–Kier alpha value is -4.89. The first-order chi connectivity index (χ1) is 19.2. The number of amides is 2. The van der Waals surface area contributed by atoms with Gasteiger partial charge >= 0.3 is 5.97 Å². The van der Waals surface area contributed by atoms with Crippen LogP contribution < -0.4 is 5.32 Å². The molecule has 2 aromatic carbocycles. The zero-order valence-electron chi connectivity index (χ0n) is 21.5. The van der Waals surface area contributed by atoms with Crippen molar-refractivity contribution in [3.8, 4) is 6.07 Å². The molecule has 40 heavy (non-hydrogen) atoms. The number of imide groups is 1. The molecule has 3 aromatic rings. The number of fused-ring (bicyclic) bond motifs is 2. The summed E-state index contributed by atoms with van der Waals surface area (Å²) in [5, 5.41) is 16.7. The highest BCUT2D eigenvalue weighted by Crippen LogP contribution is 2.39. The van der Waals surface area contributed by atoms with Crippen LogP contribution in [0.15, 0.2) is 59.9 Å². The number of rotatable bonds is 8. The van der Waals surface area contributed by atoms with Crippen LogP contribution in [0.2, 0.25) is 0 Å². The lowest BCUT2D eigenvalue weighted by atomic mass is 9.94. The molecule has 0 saturated carbocycles. The second-order valence-electron chi connectivity index (χ2n) is 9.34. The minimum Gasteiger partial charge on any atom is -0.459 e. The highest BCUT2D eigenvalue weighted by Gasteiger charge is 2.39. The summed E-state index contributed by atoms with van der Waals surface area (Å²) in [6, 6.07) is 10.7. The van der Waals surface area contributed by atoms with Crippen molar-refractivity contribution < 1.29 is 32.6 Å². The molecule has 2 aliphatic rings. The maximum absolute atomic E-state index is 15.1. The third kappa shape index (κ3) is 4.60. The molecule has 1 unspecified atom stereocenters. The van der Waals surface area contributed by atoms with Crippen molar-refractivity contribution in [2.75, 3.05) is 25.1 Å². The summed E-state index contributed by atoms with van der Waals surface area (Å²) in [6.07, 6.45) is 0.701. The fraction of sp³-hybridized carbons (Fsp3) is 0.250. The van der Waals surface area contributed by atoms with Crippen molar-refractivity contribution in [3.63, 3.8) is 0 Å². The van der Waals surface area contributed by atoms with Crippen LogP contribution in [-0.4, -0.2) is 58.3 Å². The van der Waals surface area contributed by atoms with Crippen LogP contribution in [0.3, 0.4) is 0 Å². The Kier molecular flexibility index (Phi) is 7.15. The molecule has 1 N–H and O–H groups in total. The van der Waals surface area contributed by atoms with E-state index in [0.717, 1.165) is 11.0 Å². The number of carbonyl (C=O) groups is 3. The smallest absolute Gasteiger partial charge is 0.338 e. The van der Waals surface area contributed by atoms with Crippen molar-refractivity contribution in [2.45, 2.75) is 26.0 Å². The van der Waals surface area contributed by atoms with Crippen molar-refractivity contribution in [1.82, 2.24) is 14.7 Å². The zero-order chi connectivity index (χ0) is 28.6. The van der Waals surface area contributed by atoms with Gasteiger partial charge in [0.15, 0.2) is 11.6 Å². The van der Waals surface area contributed by atoms with Crippen LogP contribution in [0.25, 0.3) is 0 Å². The zero-order valence-corrected chi connectivity index (χ0v) is 21.5. The van der Waals surface area contributed by atoms with Crippen LogP contribution in [0.1, 0.15) is 51.7 Å². The first-order valence-electron chi connectivity index (χ1n) is 12.4. The molecule has 0 bridgehead atoms. The number of anilines is 1. The quantitative estimate of drug-likeness (QED) is 0.258. The summed E-state index contributed by atoms with van der Waals surface area (Å²) >= 11 is 0. The standard InChI is InChI=1S/C28H23F2N5O5/c1-15(2)40-28(38)22-21(14-39-11-10-34-26(36)17-6-3-4-7-18(17)27(34)37)33-25-16(12-31)13-32-35(25)24(22)19-8-5-9-20(29)23(19)30/h3-9,13,15,24,33H,10-11,14H2,1-2H3. The van der Waals surface area contributed by atoms with Crippen molar-refractivity contribution in [1.29, 1.82) is 5.26 Å². The number of benzene rings is 2. The Morgan fingerprint density at radius 3 is 2.48 bits per heavy atom. The number of halogens is 2. The second-order valence-corrected chi connectivity index (χ2v) is 9.34. The van der Waals surface area contributed by atoms with Gasteiger partial charge in [-0.3, -0.25) is 14.5 Å². The Labute approximate surface area is 227 Å². The monoisotopic (exact) mass is 547 g/mol. The van der Waals surface area contributed by atoms with Gasteiger partial charge in [0.2, 0.25) is 0 Å². The van der Waals surface area contributed by atoms with Gasteiger partial charge in [-0.15, -0.1) is 0 Å². The van der Waals surface area contributed by atoms with E-state index in [-0.39, 0.29) is 48.0 Å². The molecule has 0 saturated heterocycles. The number of hydrogen-bond acceptors (Lipinski definition) is 8. The number of carbonyl (C=O) groups excluding carboxylic acids is 3. The molecule has 1 aromatic heterocycles. The maximum Gasteiger partial charge on any atom is 0.338 e. The fourth-order valence-electron chi connectivity index (χ4n) is 4.68. The topological polar surface area (TPSA) is 127 Å². The lowest BCUT2D eigenvalue weighted by Gasteiger charge is -2.31. The molecular formula is C28H23F2N5O5. The van der Waals surface area contributed by atoms with Crippen LogP contribution in [0.4, 0.5) is 14.6 Å². The molecule has 3 heterocycles. The largest absolute Gasteiger partial charge is 0.459 e. The Bertz CT molecular complexity index is 1570. The van der Waals surface area contributed by atoms with E-state index in [2.05, 4.69) is 10.4 Å². The molecule has 12 heteroatoms. The molecule has 0 fully saturated rings. The fourth-order valence-corrected chi connectivity index (χ4v) is 4.68. The van der Waals surface area contributed by atoms with E-state index in [1.165, 1.54) is 23.0 Å². The molecule has 2 amide bonds. The SMILES string of the molecule is CC(C)OC(=O)C1=C(COCCN2C(=O)c3ccccc3C2=O)Nc2c(C#N)cnn2C1c1cccc(F)c1F. The van der Waals surface area contributed by atoms with Gasteiger partial charge in [0, 0.05) is 5.56 Å². The first-order valence-corrected chi connectivity index (χ1v) is 12.4. The Balaban J connectivity index is 1.46. The van der Waals surface area contributed by atoms with E-state index in [9.17, 15) is 24.0 Å². The van der Waals surface area contributed by atoms with Gasteiger partial charge in [0.05, 0.1) is 54.5 Å². The van der Waals surface area contributed by atoms with E-state index in [1.54, 1.807) is 38.1 Å². The van der Waals surface area contributed by atoms with Crippen LogP contribution >= 0.6 is 0 Å². The number of nitrogens with zero attached hydrogens (tertiary/aromatic N) is 4. The van der Waals surface area contributed by atoms with Gasteiger partial charge in [-0.2, -0.15) is 10.4 Å². The minimum atomic E-state index is -1.28. The van der Waals surface area contributed by atoms with E-state index < -0.39 is 41.6 Å². The number of esters is 1. The molecule has 0 radical (unpaired) electrons. The first kappa shape index (κ1) is 26.7. The van der Waals surface area contributed by atoms with Crippen LogP contribution in [-0.2, 0) is 14.3 Å². The van der Waals surface area contributed by atoms with Crippen LogP contribution in [0, 0.1) is 23.0 Å². The number of nitrogens with one attached hydrogen (secondary N) is 1. The number of nitriles is 1. The number of ether oxygens (including phenoxy) is 2. The summed E-state index contributed by atoms with van der Waals surface area (Å²) in [6.45, 7) is 2.85. The summed E-state index contributed by atoms with van der Waals surface area (Å²) in [5.41, 5.74) is 0.543. The molecule has 2 aliphatic heterocycles. The van der Waals surface area contributed by atoms with Gasteiger partial charge in [-0.1, -0.05) is 24.3 Å². The maximum atomic E-state index is 15.1. The third-order valence-electron chi connectivity index (χ3n) is 6.45. The molecule has 204 valence electrons. The summed E-state index contributed by atoms with van der Waals surface area (Å²) in [7, 11) is 0. The summed E-state index contributed by atoms with van der Waals surface area (Å²) in [5.74, 6) is -3.86. The third-order valence-corrected chi connectivity index (χ3v) is 6.45. The van der Waals surface area contributed by atoms with Gasteiger partial charge in [0.1, 0.15) is 23.5 Å². The highest BCUT2D eigenvalue weighted by atomic mass is 19.2. The van der Waals surface area contributed by atoms with E-state index in [1.807, 2.05) is 6.07 Å². The number of hydrogen-bond donors (Lipinski definition) is 1. The average Bonchev–Trinajstić information content (AvgIpc) is 3.45. The summed E-state index contributed by atoms with van der Waals surface area (Å²) < 4.78 is 41.8. The van der Waals surface area contributed by atoms with E-state index in [0.29, 0.717) is 11.1 Å². The second kappa shape index (κ2) is 10.7. The lowest BCUT2D eigenvalue weighted by molar-refractivity contribution is -0.143. The lowest BCUT2D eigenvalue weighted by Crippen LogP contribution is -2.35. The molecular weight excluding hydrogens is 524 g/mol. The molecule has 0 spiro atoms. The van der Waals surface area contributed by atoms with Gasteiger partial charge in [-0.25, -0.2) is 18.3 Å². The predicted molar refractivity (Wildman–Crippen MR) is 136 cm³/mol. The van der Waals surface area contributed by atoms with E-state index in [4.69, 9.17) is 9.47 Å². The van der Waals surface area contributed by atoms with Gasteiger partial charge in [-0.05, 0) is 32.0 Å². The normalized spacial score (nSPS) is 16.1. The van der Waals surface area contributed by atoms with Gasteiger partial charge in [0.25, 0.3) is 11.8 Å². The van der Waals surface area contributed by atoms with Crippen LogP contribution in [0.5, 0.6) is 0 Å². The Morgan fingerprint density at radius 2 is 1.82 bits per heavy atom. The van der Waals surface area contributed by atoms with E-state index >= 15 is 4.39 Å². The van der Waals surface area contributed by atoms with Crippen molar-refractivity contribution in [2.24, 2.45) is 0 Å². The Morgan fingerprint density at radius 1 is 1.12 bits per heavy atom. The molecule has 1 atom stereocenters. The average molecular weight is 548 g/mol. The predicted octanol–water partition coefficient (Wildman–Crippen LogP) is 3.57. The van der Waals surface area contributed by atoms with Crippen molar-refractivity contribution in [3.05, 3.63) is 93.8 Å². The highest BCUT2D eigenvalue weighted by molar-refractivity contribution is 6.21. The molecule has 10 nitrogen and oxygen atoms in total. The minimum absolute atomic E-state index is 0.0608. The molecule has 0 aliphatic carbocycles.